The number of fused-ring (bicyclic) bond motifs is 1. The molecule has 9 heteroatoms. The van der Waals surface area contributed by atoms with Crippen LogP contribution in [-0.4, -0.2) is 61.1 Å². The monoisotopic (exact) mass is 408 g/mol. The number of urea groups is 1. The lowest BCUT2D eigenvalue weighted by Crippen LogP contribution is -2.54. The Hall–Kier alpha value is -1.87. The van der Waals surface area contributed by atoms with E-state index in [0.717, 1.165) is 38.0 Å². The zero-order valence-corrected chi connectivity index (χ0v) is 16.6. The fourth-order valence-corrected chi connectivity index (χ4v) is 4.28. The number of benzene rings is 1. The molecule has 0 aromatic heterocycles. The lowest BCUT2D eigenvalue weighted by atomic mass is 9.88. The number of hydrogen-bond donors (Lipinski definition) is 5. The highest BCUT2D eigenvalue weighted by Gasteiger charge is 2.43. The van der Waals surface area contributed by atoms with Crippen molar-refractivity contribution in [3.8, 4) is 0 Å². The Balaban J connectivity index is 0.00000225. The molecule has 3 heterocycles. The van der Waals surface area contributed by atoms with Crippen LogP contribution in [0.2, 0.25) is 0 Å². The highest BCUT2D eigenvalue weighted by atomic mass is 35.5. The predicted octanol–water partition coefficient (Wildman–Crippen LogP) is 0.675. The number of hydrogen-bond acceptors (Lipinski definition) is 5. The van der Waals surface area contributed by atoms with Gasteiger partial charge in [-0.1, -0.05) is 18.2 Å². The van der Waals surface area contributed by atoms with Crippen molar-refractivity contribution < 1.29 is 9.59 Å². The number of carbonyl (C=O) groups is 2. The average Bonchev–Trinajstić information content (AvgIpc) is 3.13. The highest BCUT2D eigenvalue weighted by molar-refractivity contribution is 5.89. The van der Waals surface area contributed by atoms with Gasteiger partial charge in [-0.05, 0) is 37.9 Å². The van der Waals surface area contributed by atoms with Gasteiger partial charge in [0.25, 0.3) is 0 Å². The molecule has 5 N–H and O–H groups in total. The first-order valence-corrected chi connectivity index (χ1v) is 9.84. The maximum Gasteiger partial charge on any atom is 0.319 e. The third-order valence-electron chi connectivity index (χ3n) is 5.82. The van der Waals surface area contributed by atoms with Gasteiger partial charge >= 0.3 is 6.03 Å². The van der Waals surface area contributed by atoms with Crippen LogP contribution in [0.15, 0.2) is 30.3 Å². The molecule has 3 aliphatic rings. The van der Waals surface area contributed by atoms with Crippen molar-refractivity contribution in [2.24, 2.45) is 5.92 Å². The molecule has 3 fully saturated rings. The Labute approximate surface area is 171 Å². The normalized spacial score (nSPS) is 27.4. The molecule has 3 saturated heterocycles. The first-order valence-electron chi connectivity index (χ1n) is 9.84. The van der Waals surface area contributed by atoms with Gasteiger partial charge in [0.1, 0.15) is 6.04 Å². The number of carbonyl (C=O) groups excluding carboxylic acids is 2. The van der Waals surface area contributed by atoms with Crippen LogP contribution in [0.5, 0.6) is 0 Å². The van der Waals surface area contributed by atoms with E-state index in [2.05, 4.69) is 26.8 Å². The summed E-state index contributed by atoms with van der Waals surface area (Å²) >= 11 is 0. The Morgan fingerprint density at radius 3 is 2.54 bits per heavy atom. The van der Waals surface area contributed by atoms with Crippen LogP contribution in [0.3, 0.4) is 0 Å². The van der Waals surface area contributed by atoms with Crippen LogP contribution >= 0.6 is 12.4 Å². The summed E-state index contributed by atoms with van der Waals surface area (Å²) in [5.74, 6) is 0.477. The van der Waals surface area contributed by atoms with Crippen LogP contribution in [-0.2, 0) is 4.79 Å². The van der Waals surface area contributed by atoms with E-state index in [0.29, 0.717) is 25.0 Å². The minimum absolute atomic E-state index is 0. The quantitative estimate of drug-likeness (QED) is 0.506. The van der Waals surface area contributed by atoms with Crippen molar-refractivity contribution in [3.63, 3.8) is 0 Å². The number of likely N-dealkylation sites (tertiary alicyclic amines) is 1. The standard InChI is InChI=1S/C19H28N6O2.ClH/c26-18(17-15-12-20-9-6-16(15)23-24-17)25-10-7-14(8-11-25)22-19(27)21-13-4-2-1-3-5-13;/h1-5,14-17,20,23-24H,6-12H2,(H2,21,22,27);1H. The van der Waals surface area contributed by atoms with E-state index < -0.39 is 0 Å². The molecule has 28 heavy (non-hydrogen) atoms. The maximum atomic E-state index is 12.9. The van der Waals surface area contributed by atoms with Crippen molar-refractivity contribution in [2.75, 3.05) is 31.5 Å². The molecule has 3 amide bonds. The molecule has 8 nitrogen and oxygen atoms in total. The Morgan fingerprint density at radius 2 is 1.79 bits per heavy atom. The Morgan fingerprint density at radius 1 is 1.04 bits per heavy atom. The molecule has 1 aromatic rings. The largest absolute Gasteiger partial charge is 0.341 e. The first-order chi connectivity index (χ1) is 13.2. The number of halogens is 1. The average molecular weight is 409 g/mol. The zero-order chi connectivity index (χ0) is 18.6. The van der Waals surface area contributed by atoms with Gasteiger partial charge in [0.05, 0.1) is 0 Å². The summed E-state index contributed by atoms with van der Waals surface area (Å²) in [4.78, 5) is 27.0. The summed E-state index contributed by atoms with van der Waals surface area (Å²) in [5, 5.41) is 9.25. The van der Waals surface area contributed by atoms with E-state index in [1.807, 2.05) is 35.2 Å². The molecule has 1 aromatic carbocycles. The van der Waals surface area contributed by atoms with Crippen molar-refractivity contribution in [1.82, 2.24) is 26.4 Å². The predicted molar refractivity (Wildman–Crippen MR) is 110 cm³/mol. The van der Waals surface area contributed by atoms with E-state index in [1.54, 1.807) is 0 Å². The zero-order valence-electron chi connectivity index (χ0n) is 15.8. The van der Waals surface area contributed by atoms with E-state index in [4.69, 9.17) is 0 Å². The smallest absolute Gasteiger partial charge is 0.319 e. The molecular weight excluding hydrogens is 380 g/mol. The van der Waals surface area contributed by atoms with Crippen LogP contribution in [0.25, 0.3) is 0 Å². The van der Waals surface area contributed by atoms with Gasteiger partial charge in [0.2, 0.25) is 5.91 Å². The summed E-state index contributed by atoms with van der Waals surface area (Å²) in [5.41, 5.74) is 7.27. The van der Waals surface area contributed by atoms with Crippen molar-refractivity contribution in [1.29, 1.82) is 0 Å². The number of amides is 3. The molecule has 154 valence electrons. The topological polar surface area (TPSA) is 97.5 Å². The van der Waals surface area contributed by atoms with Gasteiger partial charge in [0, 0.05) is 43.3 Å². The number of piperidine rings is 2. The van der Waals surface area contributed by atoms with Gasteiger partial charge in [-0.25, -0.2) is 10.2 Å². The number of anilines is 1. The maximum absolute atomic E-state index is 12.9. The lowest BCUT2D eigenvalue weighted by molar-refractivity contribution is -0.135. The lowest BCUT2D eigenvalue weighted by Gasteiger charge is -2.35. The Kier molecular flexibility index (Phi) is 7.12. The minimum atomic E-state index is -0.191. The number of nitrogens with zero attached hydrogens (tertiary/aromatic N) is 1. The third kappa shape index (κ3) is 4.75. The van der Waals surface area contributed by atoms with E-state index in [9.17, 15) is 9.59 Å². The van der Waals surface area contributed by atoms with E-state index >= 15 is 0 Å². The molecular formula is C19H29ClN6O2. The van der Waals surface area contributed by atoms with Crippen LogP contribution in [0.4, 0.5) is 10.5 Å². The molecule has 0 radical (unpaired) electrons. The number of rotatable bonds is 3. The van der Waals surface area contributed by atoms with E-state index in [-0.39, 0.29) is 36.4 Å². The van der Waals surface area contributed by atoms with Crippen molar-refractivity contribution >= 4 is 30.0 Å². The van der Waals surface area contributed by atoms with Gasteiger partial charge in [-0.2, -0.15) is 0 Å². The van der Waals surface area contributed by atoms with Gasteiger partial charge in [-0.15, -0.1) is 12.4 Å². The number of hydrazine groups is 1. The second kappa shape index (κ2) is 9.56. The van der Waals surface area contributed by atoms with E-state index in [1.165, 1.54) is 0 Å². The number of para-hydroxylation sites is 1. The highest BCUT2D eigenvalue weighted by Crippen LogP contribution is 2.23. The molecule has 0 saturated carbocycles. The molecule has 3 unspecified atom stereocenters. The molecule has 3 atom stereocenters. The Bertz CT molecular complexity index is 668. The number of nitrogens with one attached hydrogen (secondary N) is 5. The molecule has 0 spiro atoms. The fourth-order valence-electron chi connectivity index (χ4n) is 4.28. The van der Waals surface area contributed by atoms with Gasteiger partial charge in [0.15, 0.2) is 0 Å². The van der Waals surface area contributed by atoms with Crippen LogP contribution in [0.1, 0.15) is 19.3 Å². The first kappa shape index (κ1) is 20.9. The summed E-state index contributed by atoms with van der Waals surface area (Å²) in [7, 11) is 0. The van der Waals surface area contributed by atoms with Crippen LogP contribution < -0.4 is 26.8 Å². The summed E-state index contributed by atoms with van der Waals surface area (Å²) < 4.78 is 0. The summed E-state index contributed by atoms with van der Waals surface area (Å²) in [6.07, 6.45) is 2.60. The second-order valence-electron chi connectivity index (χ2n) is 7.59. The fraction of sp³-hybridized carbons (Fsp3) is 0.579. The minimum Gasteiger partial charge on any atom is -0.341 e. The van der Waals surface area contributed by atoms with Crippen molar-refractivity contribution in [3.05, 3.63) is 30.3 Å². The molecule has 0 aliphatic carbocycles. The van der Waals surface area contributed by atoms with Crippen LogP contribution in [0, 0.1) is 5.92 Å². The molecule has 3 aliphatic heterocycles. The molecule has 4 rings (SSSR count). The second-order valence-corrected chi connectivity index (χ2v) is 7.59. The third-order valence-corrected chi connectivity index (χ3v) is 5.82. The van der Waals surface area contributed by atoms with Gasteiger partial charge < -0.3 is 20.9 Å². The summed E-state index contributed by atoms with van der Waals surface area (Å²) in [6.45, 7) is 3.23. The summed E-state index contributed by atoms with van der Waals surface area (Å²) in [6, 6.07) is 9.52. The van der Waals surface area contributed by atoms with Gasteiger partial charge in [-0.3, -0.25) is 10.2 Å². The molecule has 0 bridgehead atoms. The van der Waals surface area contributed by atoms with Crippen molar-refractivity contribution in [2.45, 2.75) is 37.4 Å². The SMILES string of the molecule is Cl.O=C(Nc1ccccc1)NC1CCN(C(=O)C2NNC3CCNCC32)CC1.